The molecule has 1 aliphatic heterocycles. The molecule has 68 valence electrons. The van der Waals surface area contributed by atoms with E-state index in [4.69, 9.17) is 10.5 Å². The van der Waals surface area contributed by atoms with Crippen molar-refractivity contribution >= 4 is 0 Å². The molecule has 1 saturated carbocycles. The standard InChI is InChI=1S/C10H17NO/c11-10-6-9(7-10)5-8-1-3-12-4-2-8/h5,8,10H,1-4,6-7,11H2. The molecule has 2 N–H and O–H groups in total. The molecule has 0 atom stereocenters. The summed E-state index contributed by atoms with van der Waals surface area (Å²) in [7, 11) is 0. The monoisotopic (exact) mass is 167 g/mol. The third kappa shape index (κ3) is 1.87. The van der Waals surface area contributed by atoms with Crippen molar-refractivity contribution < 1.29 is 4.74 Å². The van der Waals surface area contributed by atoms with Gasteiger partial charge in [-0.05, 0) is 31.6 Å². The lowest BCUT2D eigenvalue weighted by Gasteiger charge is -2.28. The first-order valence-electron chi connectivity index (χ1n) is 4.87. The molecule has 0 spiro atoms. The highest BCUT2D eigenvalue weighted by Gasteiger charge is 2.20. The Balaban J connectivity index is 1.81. The summed E-state index contributed by atoms with van der Waals surface area (Å²) in [6, 6.07) is 0.455. The van der Waals surface area contributed by atoms with Gasteiger partial charge in [0.1, 0.15) is 0 Å². The van der Waals surface area contributed by atoms with E-state index >= 15 is 0 Å². The maximum absolute atomic E-state index is 5.71. The Morgan fingerprint density at radius 3 is 2.50 bits per heavy atom. The van der Waals surface area contributed by atoms with E-state index in [1.54, 1.807) is 5.57 Å². The van der Waals surface area contributed by atoms with E-state index in [9.17, 15) is 0 Å². The van der Waals surface area contributed by atoms with Crippen molar-refractivity contribution in [3.8, 4) is 0 Å². The minimum atomic E-state index is 0.455. The van der Waals surface area contributed by atoms with Gasteiger partial charge in [0.15, 0.2) is 0 Å². The van der Waals surface area contributed by atoms with Gasteiger partial charge in [-0.25, -0.2) is 0 Å². The summed E-state index contributed by atoms with van der Waals surface area (Å²) < 4.78 is 5.30. The first-order valence-corrected chi connectivity index (χ1v) is 4.87. The molecule has 0 aromatic rings. The summed E-state index contributed by atoms with van der Waals surface area (Å²) in [5.41, 5.74) is 7.29. The minimum absolute atomic E-state index is 0.455. The molecule has 1 aliphatic carbocycles. The van der Waals surface area contributed by atoms with Crippen molar-refractivity contribution in [3.63, 3.8) is 0 Å². The van der Waals surface area contributed by atoms with Gasteiger partial charge in [0, 0.05) is 19.3 Å². The third-order valence-electron chi connectivity index (χ3n) is 2.79. The SMILES string of the molecule is NC1CC(=CC2CCOCC2)C1. The Morgan fingerprint density at radius 2 is 1.92 bits per heavy atom. The van der Waals surface area contributed by atoms with Crippen molar-refractivity contribution in [1.82, 2.24) is 0 Å². The quantitative estimate of drug-likeness (QED) is 0.600. The van der Waals surface area contributed by atoms with E-state index in [1.165, 1.54) is 12.8 Å². The maximum Gasteiger partial charge on any atom is 0.0471 e. The molecule has 0 unspecified atom stereocenters. The van der Waals surface area contributed by atoms with Gasteiger partial charge in [-0.3, -0.25) is 0 Å². The van der Waals surface area contributed by atoms with E-state index in [0.717, 1.165) is 32.0 Å². The van der Waals surface area contributed by atoms with Crippen LogP contribution in [0.3, 0.4) is 0 Å². The highest BCUT2D eigenvalue weighted by atomic mass is 16.5. The topological polar surface area (TPSA) is 35.2 Å². The zero-order valence-corrected chi connectivity index (χ0v) is 7.46. The molecule has 2 aliphatic rings. The fourth-order valence-corrected chi connectivity index (χ4v) is 1.97. The maximum atomic E-state index is 5.71. The second-order valence-corrected chi connectivity index (χ2v) is 3.94. The van der Waals surface area contributed by atoms with Crippen molar-refractivity contribution in [2.75, 3.05) is 13.2 Å². The largest absolute Gasteiger partial charge is 0.381 e. The summed E-state index contributed by atoms with van der Waals surface area (Å²) >= 11 is 0. The zero-order chi connectivity index (χ0) is 8.39. The smallest absolute Gasteiger partial charge is 0.0471 e. The van der Waals surface area contributed by atoms with Gasteiger partial charge in [0.05, 0.1) is 0 Å². The summed E-state index contributed by atoms with van der Waals surface area (Å²) in [5, 5.41) is 0. The van der Waals surface area contributed by atoms with Gasteiger partial charge < -0.3 is 10.5 Å². The fourth-order valence-electron chi connectivity index (χ4n) is 1.97. The van der Waals surface area contributed by atoms with Gasteiger partial charge in [0.2, 0.25) is 0 Å². The lowest BCUT2D eigenvalue weighted by molar-refractivity contribution is 0.0781. The fraction of sp³-hybridized carbons (Fsp3) is 0.800. The number of hydrogen-bond acceptors (Lipinski definition) is 2. The predicted molar refractivity (Wildman–Crippen MR) is 48.8 cm³/mol. The number of allylic oxidation sites excluding steroid dienone is 1. The second kappa shape index (κ2) is 3.58. The molecule has 0 aromatic heterocycles. The van der Waals surface area contributed by atoms with Gasteiger partial charge in [-0.1, -0.05) is 11.6 Å². The average Bonchev–Trinajstić information content (AvgIpc) is 2.04. The van der Waals surface area contributed by atoms with Crippen LogP contribution in [0, 0.1) is 5.92 Å². The van der Waals surface area contributed by atoms with Crippen LogP contribution in [0.1, 0.15) is 25.7 Å². The Morgan fingerprint density at radius 1 is 1.25 bits per heavy atom. The highest BCUT2D eigenvalue weighted by Crippen LogP contribution is 2.28. The van der Waals surface area contributed by atoms with Gasteiger partial charge >= 0.3 is 0 Å². The normalized spacial score (nSPS) is 31.4. The summed E-state index contributed by atoms with van der Waals surface area (Å²) in [6.45, 7) is 1.89. The molecular formula is C10H17NO. The molecule has 0 radical (unpaired) electrons. The number of nitrogens with two attached hydrogens (primary N) is 1. The van der Waals surface area contributed by atoms with Crippen LogP contribution < -0.4 is 5.73 Å². The highest BCUT2D eigenvalue weighted by molar-refractivity contribution is 5.16. The molecule has 2 rings (SSSR count). The molecule has 2 heteroatoms. The molecule has 0 amide bonds. The van der Waals surface area contributed by atoms with Crippen LogP contribution in [0.2, 0.25) is 0 Å². The number of hydrogen-bond donors (Lipinski definition) is 1. The van der Waals surface area contributed by atoms with Crippen LogP contribution in [0.5, 0.6) is 0 Å². The molecule has 12 heavy (non-hydrogen) atoms. The lowest BCUT2D eigenvalue weighted by atomic mass is 9.83. The van der Waals surface area contributed by atoms with Crippen LogP contribution in [0.4, 0.5) is 0 Å². The summed E-state index contributed by atoms with van der Waals surface area (Å²) in [5.74, 6) is 0.779. The van der Waals surface area contributed by atoms with E-state index < -0.39 is 0 Å². The molecular weight excluding hydrogens is 150 g/mol. The van der Waals surface area contributed by atoms with Crippen molar-refractivity contribution in [2.24, 2.45) is 11.7 Å². The van der Waals surface area contributed by atoms with Crippen LogP contribution >= 0.6 is 0 Å². The molecule has 2 nitrogen and oxygen atoms in total. The number of ether oxygens (including phenoxy) is 1. The Hall–Kier alpha value is -0.340. The van der Waals surface area contributed by atoms with Crippen LogP contribution in [0.15, 0.2) is 11.6 Å². The van der Waals surface area contributed by atoms with E-state index in [2.05, 4.69) is 6.08 Å². The van der Waals surface area contributed by atoms with Crippen LogP contribution in [-0.2, 0) is 4.74 Å². The minimum Gasteiger partial charge on any atom is -0.381 e. The van der Waals surface area contributed by atoms with Crippen LogP contribution in [-0.4, -0.2) is 19.3 Å². The first-order chi connectivity index (χ1) is 5.84. The summed E-state index contributed by atoms with van der Waals surface area (Å²) in [4.78, 5) is 0. The molecule has 1 saturated heterocycles. The molecule has 0 aromatic carbocycles. The first kappa shape index (κ1) is 8.27. The Labute approximate surface area is 73.8 Å². The lowest BCUT2D eigenvalue weighted by Crippen LogP contribution is -2.30. The molecule has 1 heterocycles. The van der Waals surface area contributed by atoms with Crippen molar-refractivity contribution in [2.45, 2.75) is 31.7 Å². The van der Waals surface area contributed by atoms with E-state index in [1.807, 2.05) is 0 Å². The molecule has 2 fully saturated rings. The third-order valence-corrected chi connectivity index (χ3v) is 2.79. The average molecular weight is 167 g/mol. The molecule has 0 bridgehead atoms. The van der Waals surface area contributed by atoms with Crippen LogP contribution in [0.25, 0.3) is 0 Å². The van der Waals surface area contributed by atoms with Gasteiger partial charge in [0.25, 0.3) is 0 Å². The van der Waals surface area contributed by atoms with Gasteiger partial charge in [-0.2, -0.15) is 0 Å². The zero-order valence-electron chi connectivity index (χ0n) is 7.46. The Bertz CT molecular complexity index is 174. The van der Waals surface area contributed by atoms with E-state index in [0.29, 0.717) is 6.04 Å². The van der Waals surface area contributed by atoms with Crippen molar-refractivity contribution in [3.05, 3.63) is 11.6 Å². The second-order valence-electron chi connectivity index (χ2n) is 3.94. The number of rotatable bonds is 1. The predicted octanol–water partition coefficient (Wildman–Crippen LogP) is 1.46. The van der Waals surface area contributed by atoms with E-state index in [-0.39, 0.29) is 0 Å². The Kier molecular flexibility index (Phi) is 2.47. The summed E-state index contributed by atoms with van der Waals surface area (Å²) in [6.07, 6.45) is 7.12. The van der Waals surface area contributed by atoms with Crippen molar-refractivity contribution in [1.29, 1.82) is 0 Å². The van der Waals surface area contributed by atoms with Gasteiger partial charge in [-0.15, -0.1) is 0 Å².